The summed E-state index contributed by atoms with van der Waals surface area (Å²) in [6.07, 6.45) is 1.63. The van der Waals surface area contributed by atoms with Gasteiger partial charge in [-0.3, -0.25) is 0 Å². The first-order valence-electron chi connectivity index (χ1n) is 4.16. The highest BCUT2D eigenvalue weighted by Crippen LogP contribution is 2.40. The van der Waals surface area contributed by atoms with E-state index in [4.69, 9.17) is 0 Å². The van der Waals surface area contributed by atoms with Crippen molar-refractivity contribution in [1.82, 2.24) is 0 Å². The molecule has 0 saturated heterocycles. The highest BCUT2D eigenvalue weighted by molar-refractivity contribution is 9.10. The van der Waals surface area contributed by atoms with E-state index < -0.39 is 10.4 Å². The van der Waals surface area contributed by atoms with Crippen LogP contribution >= 0.6 is 15.9 Å². The van der Waals surface area contributed by atoms with Crippen LogP contribution < -0.4 is 0 Å². The van der Waals surface area contributed by atoms with E-state index in [9.17, 15) is 13.9 Å². The second kappa shape index (κ2) is 4.51. The molecule has 0 spiro atoms. The molecular weight excluding hydrogens is 230 g/mol. The van der Waals surface area contributed by atoms with Gasteiger partial charge in [0.2, 0.25) is 0 Å². The minimum absolute atomic E-state index is 0.0608. The number of unbranched alkanes of at least 4 members (excludes halogenated alkanes) is 1. The van der Waals surface area contributed by atoms with Crippen molar-refractivity contribution in [3.63, 3.8) is 0 Å². The summed E-state index contributed by atoms with van der Waals surface area (Å²) in [6, 6.07) is 0. The van der Waals surface area contributed by atoms with E-state index in [0.717, 1.165) is 6.42 Å². The van der Waals surface area contributed by atoms with Gasteiger partial charge in [-0.1, -0.05) is 26.7 Å². The van der Waals surface area contributed by atoms with Gasteiger partial charge in [-0.15, -0.1) is 0 Å². The van der Waals surface area contributed by atoms with Gasteiger partial charge in [0.05, 0.1) is 0 Å². The Bertz CT molecular complexity index is 136. The van der Waals surface area contributed by atoms with E-state index >= 15 is 0 Å². The maximum Gasteiger partial charge on any atom is 0.329 e. The number of halogens is 3. The third-order valence-corrected chi connectivity index (χ3v) is 2.79. The maximum atomic E-state index is 12.8. The van der Waals surface area contributed by atoms with Crippen molar-refractivity contribution in [2.24, 2.45) is 0 Å². The molecule has 0 aliphatic heterocycles. The van der Waals surface area contributed by atoms with Crippen molar-refractivity contribution in [3.05, 3.63) is 0 Å². The summed E-state index contributed by atoms with van der Waals surface area (Å²) in [5.74, 6) is 0. The molecule has 4 heteroatoms. The van der Waals surface area contributed by atoms with Crippen molar-refractivity contribution in [2.45, 2.75) is 50.0 Å². The zero-order valence-electron chi connectivity index (χ0n) is 7.41. The fourth-order valence-electron chi connectivity index (χ4n) is 0.988. The smallest absolute Gasteiger partial charge is 0.329 e. The molecule has 1 atom stereocenters. The third kappa shape index (κ3) is 2.98. The molecule has 1 nitrogen and oxygen atoms in total. The van der Waals surface area contributed by atoms with Crippen molar-refractivity contribution in [2.75, 3.05) is 0 Å². The van der Waals surface area contributed by atoms with Crippen LogP contribution in [-0.4, -0.2) is 15.5 Å². The van der Waals surface area contributed by atoms with Crippen LogP contribution in [-0.2, 0) is 0 Å². The van der Waals surface area contributed by atoms with Crippen LogP contribution in [0.1, 0.15) is 39.5 Å². The van der Waals surface area contributed by atoms with Gasteiger partial charge in [0.25, 0.3) is 0 Å². The summed E-state index contributed by atoms with van der Waals surface area (Å²) in [5, 5.41) is 9.49. The van der Waals surface area contributed by atoms with E-state index in [2.05, 4.69) is 15.9 Å². The van der Waals surface area contributed by atoms with Crippen LogP contribution in [0.3, 0.4) is 0 Å². The summed E-state index contributed by atoms with van der Waals surface area (Å²) in [7, 11) is 0. The molecule has 0 heterocycles. The molecule has 0 aliphatic carbocycles. The molecule has 0 aromatic rings. The Morgan fingerprint density at radius 2 is 1.83 bits per heavy atom. The van der Waals surface area contributed by atoms with Crippen LogP contribution in [0.5, 0.6) is 0 Å². The SMILES string of the molecule is CCCCC(O)(CC)C(F)(F)Br. The van der Waals surface area contributed by atoms with E-state index in [-0.39, 0.29) is 12.8 Å². The molecular formula is C8H15BrF2O. The molecule has 0 amide bonds. The van der Waals surface area contributed by atoms with Crippen molar-refractivity contribution < 1.29 is 13.9 Å². The minimum atomic E-state index is -3.18. The molecule has 0 aliphatic rings. The average molecular weight is 245 g/mol. The Hall–Kier alpha value is 0.300. The first-order chi connectivity index (χ1) is 5.37. The van der Waals surface area contributed by atoms with Gasteiger partial charge < -0.3 is 5.11 Å². The molecule has 0 saturated carbocycles. The van der Waals surface area contributed by atoms with Gasteiger partial charge in [0.15, 0.2) is 0 Å². The van der Waals surface area contributed by atoms with Gasteiger partial charge in [-0.2, -0.15) is 8.78 Å². The molecule has 0 aromatic heterocycles. The standard InChI is InChI=1S/C8H15BrF2O/c1-3-5-6-7(12,4-2)8(9,10)11/h12H,3-6H2,1-2H3. The molecule has 12 heavy (non-hydrogen) atoms. The molecule has 0 rings (SSSR count). The lowest BCUT2D eigenvalue weighted by atomic mass is 9.94. The molecule has 0 bridgehead atoms. The molecule has 0 aromatic carbocycles. The molecule has 0 radical (unpaired) electrons. The predicted octanol–water partition coefficient (Wildman–Crippen LogP) is 3.31. The van der Waals surface area contributed by atoms with E-state index in [1.54, 1.807) is 6.92 Å². The topological polar surface area (TPSA) is 20.2 Å². The highest BCUT2D eigenvalue weighted by atomic mass is 79.9. The van der Waals surface area contributed by atoms with E-state index in [0.29, 0.717) is 6.42 Å². The quantitative estimate of drug-likeness (QED) is 0.737. The summed E-state index contributed by atoms with van der Waals surface area (Å²) in [4.78, 5) is -3.18. The fourth-order valence-corrected chi connectivity index (χ4v) is 1.47. The van der Waals surface area contributed by atoms with Crippen LogP contribution in [0.2, 0.25) is 0 Å². The van der Waals surface area contributed by atoms with Gasteiger partial charge in [0.1, 0.15) is 5.60 Å². The second-order valence-corrected chi connectivity index (χ2v) is 3.98. The Kier molecular flexibility index (Phi) is 4.62. The fraction of sp³-hybridized carbons (Fsp3) is 1.00. The summed E-state index contributed by atoms with van der Waals surface area (Å²) in [5.41, 5.74) is -1.89. The first-order valence-corrected chi connectivity index (χ1v) is 4.95. The normalized spacial score (nSPS) is 17.5. The third-order valence-electron chi connectivity index (χ3n) is 2.06. The average Bonchev–Trinajstić information content (AvgIpc) is 1.98. The molecule has 1 N–H and O–H groups in total. The Morgan fingerprint density at radius 3 is 2.08 bits per heavy atom. The van der Waals surface area contributed by atoms with Gasteiger partial charge in [-0.25, -0.2) is 0 Å². The van der Waals surface area contributed by atoms with Crippen molar-refractivity contribution >= 4 is 15.9 Å². The number of hydrogen-bond acceptors (Lipinski definition) is 1. The molecule has 74 valence electrons. The predicted molar refractivity (Wildman–Crippen MR) is 48.6 cm³/mol. The summed E-state index contributed by atoms with van der Waals surface area (Å²) in [6.45, 7) is 3.47. The van der Waals surface area contributed by atoms with Crippen molar-refractivity contribution in [1.29, 1.82) is 0 Å². The van der Waals surface area contributed by atoms with Gasteiger partial charge in [0, 0.05) is 0 Å². The zero-order valence-corrected chi connectivity index (χ0v) is 9.00. The first kappa shape index (κ1) is 12.3. The number of rotatable bonds is 5. The molecule has 0 fully saturated rings. The lowest BCUT2D eigenvalue weighted by molar-refractivity contribution is -0.123. The Balaban J connectivity index is 4.24. The van der Waals surface area contributed by atoms with E-state index in [1.165, 1.54) is 0 Å². The van der Waals surface area contributed by atoms with Crippen LogP contribution in [0.25, 0.3) is 0 Å². The van der Waals surface area contributed by atoms with Crippen LogP contribution in [0.4, 0.5) is 8.78 Å². The van der Waals surface area contributed by atoms with E-state index in [1.807, 2.05) is 6.92 Å². The maximum absolute atomic E-state index is 12.8. The lowest BCUT2D eigenvalue weighted by Gasteiger charge is -2.31. The number of aliphatic hydroxyl groups is 1. The lowest BCUT2D eigenvalue weighted by Crippen LogP contribution is -2.43. The van der Waals surface area contributed by atoms with Gasteiger partial charge >= 0.3 is 4.83 Å². The Morgan fingerprint density at radius 1 is 1.33 bits per heavy atom. The number of alkyl halides is 3. The highest BCUT2D eigenvalue weighted by Gasteiger charge is 2.48. The van der Waals surface area contributed by atoms with Gasteiger partial charge in [-0.05, 0) is 28.8 Å². The largest absolute Gasteiger partial charge is 0.383 e. The van der Waals surface area contributed by atoms with Crippen molar-refractivity contribution in [3.8, 4) is 0 Å². The number of hydrogen-bond donors (Lipinski definition) is 1. The van der Waals surface area contributed by atoms with Crippen LogP contribution in [0, 0.1) is 0 Å². The minimum Gasteiger partial charge on any atom is -0.383 e. The second-order valence-electron chi connectivity index (χ2n) is 2.99. The summed E-state index contributed by atoms with van der Waals surface area (Å²) >= 11 is 2.21. The Labute approximate surface area is 80.3 Å². The molecule has 1 unspecified atom stereocenters. The zero-order chi connectivity index (χ0) is 9.83. The monoisotopic (exact) mass is 244 g/mol. The summed E-state index contributed by atoms with van der Waals surface area (Å²) < 4.78 is 25.5. The van der Waals surface area contributed by atoms with Crippen LogP contribution in [0.15, 0.2) is 0 Å².